The van der Waals surface area contributed by atoms with E-state index < -0.39 is 5.91 Å². The first kappa shape index (κ1) is 10.7. The molecule has 18 heavy (non-hydrogen) atoms. The normalized spacial score (nSPS) is 14.4. The summed E-state index contributed by atoms with van der Waals surface area (Å²) in [5.74, 6) is 0.362. The lowest BCUT2D eigenvalue weighted by atomic mass is 10.2. The Balaban J connectivity index is 1.73. The van der Waals surface area contributed by atoms with Crippen molar-refractivity contribution in [2.24, 2.45) is 0 Å². The predicted octanol–water partition coefficient (Wildman–Crippen LogP) is 1.30. The van der Waals surface area contributed by atoms with Crippen LogP contribution in [0.2, 0.25) is 0 Å². The van der Waals surface area contributed by atoms with Crippen molar-refractivity contribution in [3.05, 3.63) is 29.9 Å². The molecule has 0 aliphatic heterocycles. The first-order valence-corrected chi connectivity index (χ1v) is 5.51. The summed E-state index contributed by atoms with van der Waals surface area (Å²) < 4.78 is 5.29. The third-order valence-electron chi connectivity index (χ3n) is 2.57. The summed E-state index contributed by atoms with van der Waals surface area (Å²) in [5.41, 5.74) is 0.223. The summed E-state index contributed by atoms with van der Waals surface area (Å²) in [6, 6.07) is 1.37. The zero-order valence-corrected chi connectivity index (χ0v) is 9.33. The van der Waals surface area contributed by atoms with Gasteiger partial charge in [-0.3, -0.25) is 15.1 Å². The van der Waals surface area contributed by atoms with Gasteiger partial charge in [-0.25, -0.2) is 0 Å². The van der Waals surface area contributed by atoms with Crippen molar-refractivity contribution in [1.82, 2.24) is 15.2 Å². The fourth-order valence-electron chi connectivity index (χ4n) is 1.50. The number of nitrogens with one attached hydrogen (secondary N) is 1. The van der Waals surface area contributed by atoms with Gasteiger partial charge in [0.15, 0.2) is 0 Å². The lowest BCUT2D eigenvalue weighted by Crippen LogP contribution is -2.12. The Labute approximate surface area is 102 Å². The zero-order valence-electron chi connectivity index (χ0n) is 9.33. The van der Waals surface area contributed by atoms with Gasteiger partial charge in [0.1, 0.15) is 5.75 Å². The fourth-order valence-corrected chi connectivity index (χ4v) is 1.50. The summed E-state index contributed by atoms with van der Waals surface area (Å²) in [6.07, 6.45) is 4.68. The Morgan fingerprint density at radius 2 is 2.22 bits per heavy atom. The van der Waals surface area contributed by atoms with Crippen molar-refractivity contribution in [2.45, 2.75) is 18.8 Å². The second-order valence-electron chi connectivity index (χ2n) is 4.11. The van der Waals surface area contributed by atoms with Gasteiger partial charge < -0.3 is 9.52 Å². The van der Waals surface area contributed by atoms with Gasteiger partial charge in [0, 0.05) is 12.1 Å². The third-order valence-corrected chi connectivity index (χ3v) is 2.57. The standard InChI is InChI=1S/C11H10N4O3/c16-8-3-7(4-12-5-8)9(17)13-11-15-14-10(18-11)6-1-2-6/h3-6,16H,1-2H2,(H,13,15,17). The number of aromatic nitrogens is 3. The lowest BCUT2D eigenvalue weighted by Gasteiger charge is -2.00. The van der Waals surface area contributed by atoms with Crippen LogP contribution in [-0.2, 0) is 0 Å². The molecule has 7 heteroatoms. The van der Waals surface area contributed by atoms with Crippen LogP contribution in [0.4, 0.5) is 6.01 Å². The van der Waals surface area contributed by atoms with Crippen molar-refractivity contribution in [3.63, 3.8) is 0 Å². The minimum absolute atomic E-state index is 0.0604. The number of carbonyl (C=O) groups is 1. The van der Waals surface area contributed by atoms with Crippen LogP contribution in [-0.4, -0.2) is 26.2 Å². The highest BCUT2D eigenvalue weighted by Crippen LogP contribution is 2.39. The summed E-state index contributed by atoms with van der Waals surface area (Å²) in [6.45, 7) is 0. The van der Waals surface area contributed by atoms with Crippen molar-refractivity contribution >= 4 is 11.9 Å². The topological polar surface area (TPSA) is 101 Å². The summed E-state index contributed by atoms with van der Waals surface area (Å²) >= 11 is 0. The van der Waals surface area contributed by atoms with Gasteiger partial charge in [0.25, 0.3) is 5.91 Å². The smallest absolute Gasteiger partial charge is 0.322 e. The molecule has 0 unspecified atom stereocenters. The van der Waals surface area contributed by atoms with Crippen molar-refractivity contribution in [1.29, 1.82) is 0 Å². The molecule has 1 fully saturated rings. The van der Waals surface area contributed by atoms with Crippen molar-refractivity contribution in [2.75, 3.05) is 5.32 Å². The molecule has 0 saturated heterocycles. The van der Waals surface area contributed by atoms with Gasteiger partial charge in [0.05, 0.1) is 11.8 Å². The Hall–Kier alpha value is -2.44. The molecule has 7 nitrogen and oxygen atoms in total. The molecule has 0 bridgehead atoms. The third kappa shape index (κ3) is 2.15. The fraction of sp³-hybridized carbons (Fsp3) is 0.273. The molecule has 0 atom stereocenters. The molecule has 0 radical (unpaired) electrons. The van der Waals surface area contributed by atoms with Crippen LogP contribution >= 0.6 is 0 Å². The van der Waals surface area contributed by atoms with E-state index in [1.807, 2.05) is 0 Å². The SMILES string of the molecule is O=C(Nc1nnc(C2CC2)o1)c1cncc(O)c1. The maximum Gasteiger partial charge on any atom is 0.322 e. The maximum absolute atomic E-state index is 11.8. The van der Waals surface area contributed by atoms with E-state index in [2.05, 4.69) is 20.5 Å². The van der Waals surface area contributed by atoms with Crippen LogP contribution in [0.3, 0.4) is 0 Å². The summed E-state index contributed by atoms with van der Waals surface area (Å²) in [7, 11) is 0. The van der Waals surface area contributed by atoms with E-state index in [-0.39, 0.29) is 17.3 Å². The van der Waals surface area contributed by atoms with Crippen LogP contribution in [0.1, 0.15) is 35.0 Å². The van der Waals surface area contributed by atoms with Gasteiger partial charge in [-0.2, -0.15) is 0 Å². The van der Waals surface area contributed by atoms with E-state index in [4.69, 9.17) is 4.42 Å². The Morgan fingerprint density at radius 1 is 1.39 bits per heavy atom. The summed E-state index contributed by atoms with van der Waals surface area (Å²) in [5, 5.41) is 19.3. The number of hydrogen-bond donors (Lipinski definition) is 2. The van der Waals surface area contributed by atoms with E-state index in [0.717, 1.165) is 12.8 Å². The number of carbonyl (C=O) groups excluding carboxylic acids is 1. The molecule has 0 spiro atoms. The average molecular weight is 246 g/mol. The van der Waals surface area contributed by atoms with E-state index >= 15 is 0 Å². The lowest BCUT2D eigenvalue weighted by molar-refractivity contribution is 0.102. The molecule has 0 aromatic carbocycles. The van der Waals surface area contributed by atoms with Gasteiger partial charge in [0.2, 0.25) is 5.89 Å². The van der Waals surface area contributed by atoms with E-state index in [1.54, 1.807) is 0 Å². The number of amides is 1. The summed E-state index contributed by atoms with van der Waals surface area (Å²) in [4.78, 5) is 15.5. The predicted molar refractivity (Wildman–Crippen MR) is 60.1 cm³/mol. The molecule has 1 saturated carbocycles. The zero-order chi connectivity index (χ0) is 12.5. The monoisotopic (exact) mass is 246 g/mol. The maximum atomic E-state index is 11.8. The second-order valence-corrected chi connectivity index (χ2v) is 4.11. The molecule has 2 aromatic heterocycles. The van der Waals surface area contributed by atoms with Crippen LogP contribution in [0.15, 0.2) is 22.9 Å². The van der Waals surface area contributed by atoms with Gasteiger partial charge in [-0.15, -0.1) is 5.10 Å². The number of aromatic hydroxyl groups is 1. The highest BCUT2D eigenvalue weighted by Gasteiger charge is 2.29. The molecular formula is C11H10N4O3. The first-order valence-electron chi connectivity index (χ1n) is 5.51. The van der Waals surface area contributed by atoms with E-state index in [0.29, 0.717) is 11.8 Å². The largest absolute Gasteiger partial charge is 0.506 e. The van der Waals surface area contributed by atoms with E-state index in [1.165, 1.54) is 18.5 Å². The highest BCUT2D eigenvalue weighted by atomic mass is 16.4. The van der Waals surface area contributed by atoms with Gasteiger partial charge >= 0.3 is 6.01 Å². The number of anilines is 1. The van der Waals surface area contributed by atoms with Crippen LogP contribution < -0.4 is 5.32 Å². The van der Waals surface area contributed by atoms with Gasteiger partial charge in [-0.05, 0) is 18.9 Å². The Bertz CT molecular complexity index is 591. The molecule has 2 aromatic rings. The minimum Gasteiger partial charge on any atom is -0.506 e. The molecule has 2 heterocycles. The molecule has 1 aliphatic carbocycles. The van der Waals surface area contributed by atoms with Crippen molar-refractivity contribution < 1.29 is 14.3 Å². The quantitative estimate of drug-likeness (QED) is 0.846. The van der Waals surface area contributed by atoms with E-state index in [9.17, 15) is 9.90 Å². The van der Waals surface area contributed by atoms with Crippen LogP contribution in [0, 0.1) is 0 Å². The number of rotatable bonds is 3. The van der Waals surface area contributed by atoms with Crippen LogP contribution in [0.25, 0.3) is 0 Å². The molecule has 1 aliphatic rings. The molecule has 92 valence electrons. The second kappa shape index (κ2) is 4.10. The van der Waals surface area contributed by atoms with Crippen LogP contribution in [0.5, 0.6) is 5.75 Å². The molecule has 1 amide bonds. The Kier molecular flexibility index (Phi) is 2.44. The first-order chi connectivity index (χ1) is 8.72. The molecule has 2 N–H and O–H groups in total. The van der Waals surface area contributed by atoms with Crippen molar-refractivity contribution in [3.8, 4) is 5.75 Å². The average Bonchev–Trinajstić information content (AvgIpc) is 3.11. The number of pyridine rings is 1. The highest BCUT2D eigenvalue weighted by molar-refractivity contribution is 6.03. The number of hydrogen-bond acceptors (Lipinski definition) is 6. The Morgan fingerprint density at radius 3 is 2.94 bits per heavy atom. The molecule has 3 rings (SSSR count). The minimum atomic E-state index is -0.454. The molecular weight excluding hydrogens is 236 g/mol. The number of nitrogens with zero attached hydrogens (tertiary/aromatic N) is 3. The van der Waals surface area contributed by atoms with Gasteiger partial charge in [-0.1, -0.05) is 5.10 Å².